The third-order valence-electron chi connectivity index (χ3n) is 1.77. The average Bonchev–Trinajstić information content (AvgIpc) is 2.47. The van der Waals surface area contributed by atoms with Crippen molar-refractivity contribution in [3.05, 3.63) is 12.2 Å². The van der Waals surface area contributed by atoms with Crippen LogP contribution in [0.4, 0.5) is 0 Å². The zero-order valence-electron chi connectivity index (χ0n) is 5.99. The fraction of sp³-hybridized carbons (Fsp3) is 0.714. The summed E-state index contributed by atoms with van der Waals surface area (Å²) in [5.74, 6) is 1.51. The van der Waals surface area contributed by atoms with Crippen molar-refractivity contribution in [1.82, 2.24) is 0 Å². The molecule has 0 amide bonds. The normalized spacial score (nSPS) is 34.6. The Hall–Kier alpha value is -0.150. The Morgan fingerprint density at radius 2 is 2.50 bits per heavy atom. The van der Waals surface area contributed by atoms with Crippen LogP contribution in [0, 0.1) is 11.8 Å². The van der Waals surface area contributed by atoms with Crippen molar-refractivity contribution in [2.45, 2.75) is 13.3 Å². The molecule has 1 rings (SSSR count). The van der Waals surface area contributed by atoms with E-state index in [1.54, 1.807) is 0 Å². The van der Waals surface area contributed by atoms with Crippen molar-refractivity contribution >= 4 is 11.1 Å². The maximum Gasteiger partial charge on any atom is 0.153 e. The molecule has 1 aliphatic carbocycles. The predicted molar refractivity (Wildman–Crippen MR) is 42.0 cm³/mol. The number of hydrogen-bond donors (Lipinski definition) is 1. The molecule has 0 bridgehead atoms. The van der Waals surface area contributed by atoms with Gasteiger partial charge in [0, 0.05) is 0 Å². The van der Waals surface area contributed by atoms with Crippen LogP contribution in [-0.4, -0.2) is 14.5 Å². The average molecular weight is 160 g/mol. The van der Waals surface area contributed by atoms with E-state index < -0.39 is 11.1 Å². The van der Waals surface area contributed by atoms with Crippen LogP contribution in [0.3, 0.4) is 0 Å². The van der Waals surface area contributed by atoms with Crippen molar-refractivity contribution in [3.63, 3.8) is 0 Å². The third-order valence-corrected chi connectivity index (χ3v) is 2.49. The lowest BCUT2D eigenvalue weighted by molar-refractivity contribution is 0.559. The summed E-state index contributed by atoms with van der Waals surface area (Å²) in [6, 6.07) is 0. The topological polar surface area (TPSA) is 37.3 Å². The SMILES string of the molecule is C/C=C/C1CC1CS(=O)O. The van der Waals surface area contributed by atoms with E-state index in [0.717, 1.165) is 6.42 Å². The zero-order chi connectivity index (χ0) is 7.56. The Balaban J connectivity index is 2.19. The van der Waals surface area contributed by atoms with Gasteiger partial charge < -0.3 is 4.55 Å². The minimum Gasteiger partial charge on any atom is -0.306 e. The molecule has 0 spiro atoms. The van der Waals surface area contributed by atoms with E-state index in [-0.39, 0.29) is 0 Å². The molecule has 0 aliphatic heterocycles. The molecule has 3 heteroatoms. The van der Waals surface area contributed by atoms with E-state index in [1.807, 2.05) is 13.0 Å². The summed E-state index contributed by atoms with van der Waals surface area (Å²) < 4.78 is 18.8. The van der Waals surface area contributed by atoms with Crippen LogP contribution >= 0.6 is 0 Å². The molecule has 3 unspecified atom stereocenters. The zero-order valence-corrected chi connectivity index (χ0v) is 6.80. The Morgan fingerprint density at radius 1 is 1.80 bits per heavy atom. The molecule has 1 fully saturated rings. The summed E-state index contributed by atoms with van der Waals surface area (Å²) in [6.07, 6.45) is 5.21. The highest BCUT2D eigenvalue weighted by atomic mass is 32.2. The number of hydrogen-bond acceptors (Lipinski definition) is 1. The summed E-state index contributed by atoms with van der Waals surface area (Å²) in [6.45, 7) is 1.98. The summed E-state index contributed by atoms with van der Waals surface area (Å²) in [4.78, 5) is 0. The molecule has 0 radical (unpaired) electrons. The minimum atomic E-state index is -1.59. The molecular weight excluding hydrogens is 148 g/mol. The molecule has 3 atom stereocenters. The van der Waals surface area contributed by atoms with E-state index in [0.29, 0.717) is 17.6 Å². The van der Waals surface area contributed by atoms with Crippen LogP contribution in [0.1, 0.15) is 13.3 Å². The van der Waals surface area contributed by atoms with Crippen LogP contribution in [0.15, 0.2) is 12.2 Å². The molecule has 58 valence electrons. The van der Waals surface area contributed by atoms with Crippen molar-refractivity contribution in [2.24, 2.45) is 11.8 Å². The van der Waals surface area contributed by atoms with Gasteiger partial charge in [-0.2, -0.15) is 0 Å². The highest BCUT2D eigenvalue weighted by Gasteiger charge is 2.35. The molecule has 0 aromatic heterocycles. The number of rotatable bonds is 3. The second-order valence-electron chi connectivity index (χ2n) is 2.67. The van der Waals surface area contributed by atoms with E-state index in [2.05, 4.69) is 6.08 Å². The minimum absolute atomic E-state index is 0.453. The van der Waals surface area contributed by atoms with Crippen LogP contribution in [0.5, 0.6) is 0 Å². The first-order valence-electron chi connectivity index (χ1n) is 3.44. The van der Waals surface area contributed by atoms with Crippen LogP contribution in [0.25, 0.3) is 0 Å². The second-order valence-corrected chi connectivity index (χ2v) is 3.65. The van der Waals surface area contributed by atoms with Gasteiger partial charge in [0.2, 0.25) is 0 Å². The van der Waals surface area contributed by atoms with Crippen LogP contribution in [-0.2, 0) is 11.1 Å². The molecule has 10 heavy (non-hydrogen) atoms. The molecule has 1 aliphatic rings. The quantitative estimate of drug-likeness (QED) is 0.501. The first kappa shape index (κ1) is 7.95. The lowest BCUT2D eigenvalue weighted by atomic mass is 10.3. The lowest BCUT2D eigenvalue weighted by Gasteiger charge is -1.88. The fourth-order valence-corrected chi connectivity index (χ4v) is 1.88. The maximum absolute atomic E-state index is 10.3. The smallest absolute Gasteiger partial charge is 0.153 e. The lowest BCUT2D eigenvalue weighted by Crippen LogP contribution is -1.97. The summed E-state index contributed by atoms with van der Waals surface area (Å²) in [5.41, 5.74) is 0. The molecular formula is C7H12O2S. The molecule has 0 aromatic rings. The summed E-state index contributed by atoms with van der Waals surface area (Å²) >= 11 is -1.59. The van der Waals surface area contributed by atoms with Gasteiger partial charge >= 0.3 is 0 Å². The van der Waals surface area contributed by atoms with Crippen LogP contribution in [0.2, 0.25) is 0 Å². The van der Waals surface area contributed by atoms with Gasteiger partial charge in [-0.15, -0.1) is 0 Å². The van der Waals surface area contributed by atoms with Crippen molar-refractivity contribution in [2.75, 3.05) is 5.75 Å². The first-order valence-corrected chi connectivity index (χ1v) is 4.72. The van der Waals surface area contributed by atoms with Crippen molar-refractivity contribution in [1.29, 1.82) is 0 Å². The van der Waals surface area contributed by atoms with E-state index in [9.17, 15) is 4.21 Å². The molecule has 0 saturated heterocycles. The maximum atomic E-state index is 10.3. The summed E-state index contributed by atoms with van der Waals surface area (Å²) in [7, 11) is 0. The molecule has 0 heterocycles. The standard InChI is InChI=1S/C7H12O2S/c1-2-3-6-4-7(6)5-10(8)9/h2-3,6-7H,4-5H2,1H3,(H,8,9)/b3-2+. The molecule has 1 N–H and O–H groups in total. The van der Waals surface area contributed by atoms with Gasteiger partial charge in [-0.1, -0.05) is 12.2 Å². The predicted octanol–water partition coefficient (Wildman–Crippen LogP) is 1.42. The molecule has 0 aromatic carbocycles. The van der Waals surface area contributed by atoms with Gasteiger partial charge in [-0.3, -0.25) is 0 Å². The van der Waals surface area contributed by atoms with Gasteiger partial charge in [0.15, 0.2) is 11.1 Å². The van der Waals surface area contributed by atoms with E-state index in [1.165, 1.54) is 0 Å². The Morgan fingerprint density at radius 3 is 3.00 bits per heavy atom. The Labute approximate surface area is 63.6 Å². The van der Waals surface area contributed by atoms with Crippen LogP contribution < -0.4 is 0 Å². The monoisotopic (exact) mass is 160 g/mol. The largest absolute Gasteiger partial charge is 0.306 e. The first-order chi connectivity index (χ1) is 4.74. The van der Waals surface area contributed by atoms with E-state index >= 15 is 0 Å². The van der Waals surface area contributed by atoms with Gasteiger partial charge in [0.25, 0.3) is 0 Å². The highest BCUT2D eigenvalue weighted by molar-refractivity contribution is 7.79. The van der Waals surface area contributed by atoms with Gasteiger partial charge in [0.1, 0.15) is 0 Å². The van der Waals surface area contributed by atoms with Gasteiger partial charge in [-0.05, 0) is 25.2 Å². The van der Waals surface area contributed by atoms with Gasteiger partial charge in [0.05, 0.1) is 5.75 Å². The van der Waals surface area contributed by atoms with Gasteiger partial charge in [-0.25, -0.2) is 4.21 Å². The van der Waals surface area contributed by atoms with E-state index in [4.69, 9.17) is 4.55 Å². The second kappa shape index (κ2) is 3.30. The molecule has 2 nitrogen and oxygen atoms in total. The number of allylic oxidation sites excluding steroid dienone is 2. The third kappa shape index (κ3) is 2.23. The Bertz CT molecular complexity index is 165. The van der Waals surface area contributed by atoms with Crippen molar-refractivity contribution in [3.8, 4) is 0 Å². The fourth-order valence-electron chi connectivity index (χ4n) is 1.13. The molecule has 1 saturated carbocycles. The van der Waals surface area contributed by atoms with Crippen molar-refractivity contribution < 1.29 is 8.76 Å². The Kier molecular flexibility index (Phi) is 2.63. The summed E-state index contributed by atoms with van der Waals surface area (Å²) in [5, 5.41) is 0. The highest BCUT2D eigenvalue weighted by Crippen LogP contribution is 2.39.